The number of aromatic nitrogens is 4. The van der Waals surface area contributed by atoms with Crippen molar-refractivity contribution < 1.29 is 0 Å². The van der Waals surface area contributed by atoms with E-state index in [4.69, 9.17) is 11.6 Å². The first-order valence-corrected chi connectivity index (χ1v) is 5.67. The lowest BCUT2D eigenvalue weighted by molar-refractivity contribution is 0.855. The van der Waals surface area contributed by atoms with Crippen LogP contribution < -0.4 is 0 Å². The predicted molar refractivity (Wildman–Crippen MR) is 57.0 cm³/mol. The molecule has 2 rings (SSSR count). The topological polar surface area (TPSA) is 43.1 Å². The molecule has 0 aromatic carbocycles. The Kier molecular flexibility index (Phi) is 2.36. The minimum Gasteiger partial charge on any atom is -0.257 e. The van der Waals surface area contributed by atoms with Gasteiger partial charge in [-0.05, 0) is 20.1 Å². The summed E-state index contributed by atoms with van der Waals surface area (Å²) in [5, 5.41) is 9.38. The van der Waals surface area contributed by atoms with E-state index in [9.17, 15) is 0 Å². The Bertz CT molecular complexity index is 494. The van der Waals surface area contributed by atoms with Crippen molar-refractivity contribution >= 4 is 29.0 Å². The summed E-state index contributed by atoms with van der Waals surface area (Å²) < 4.78 is 1.91. The van der Waals surface area contributed by atoms with Gasteiger partial charge in [0.1, 0.15) is 11.0 Å². The lowest BCUT2D eigenvalue weighted by atomic mass is 10.4. The Balaban J connectivity index is 2.92. The van der Waals surface area contributed by atoms with E-state index in [1.807, 2.05) is 24.5 Å². The SMILES string of the molecule is CSc1nc(Cl)c(C)c2nnc(C)n12. The molecule has 0 aliphatic carbocycles. The van der Waals surface area contributed by atoms with Gasteiger partial charge in [-0.15, -0.1) is 10.2 Å². The summed E-state index contributed by atoms with van der Waals surface area (Å²) in [4.78, 5) is 4.26. The Labute approximate surface area is 90.7 Å². The fourth-order valence-corrected chi connectivity index (χ4v) is 2.08. The normalized spacial score (nSPS) is 11.1. The lowest BCUT2D eigenvalue weighted by Gasteiger charge is -2.05. The van der Waals surface area contributed by atoms with E-state index in [-0.39, 0.29) is 0 Å². The van der Waals surface area contributed by atoms with E-state index in [1.165, 1.54) is 11.8 Å². The van der Waals surface area contributed by atoms with E-state index in [2.05, 4.69) is 15.2 Å². The van der Waals surface area contributed by atoms with Crippen molar-refractivity contribution in [1.29, 1.82) is 0 Å². The number of hydrogen-bond acceptors (Lipinski definition) is 4. The minimum atomic E-state index is 0.495. The second-order valence-electron chi connectivity index (χ2n) is 2.92. The van der Waals surface area contributed by atoms with Gasteiger partial charge in [0.15, 0.2) is 10.8 Å². The van der Waals surface area contributed by atoms with E-state index in [1.54, 1.807) is 0 Å². The molecule has 0 saturated carbocycles. The summed E-state index contributed by atoms with van der Waals surface area (Å²) in [6.07, 6.45) is 1.95. The van der Waals surface area contributed by atoms with Crippen molar-refractivity contribution in [2.24, 2.45) is 0 Å². The summed E-state index contributed by atoms with van der Waals surface area (Å²) in [7, 11) is 0. The van der Waals surface area contributed by atoms with Crippen LogP contribution in [0.1, 0.15) is 11.4 Å². The largest absolute Gasteiger partial charge is 0.257 e. The van der Waals surface area contributed by atoms with Crippen molar-refractivity contribution in [3.05, 3.63) is 16.5 Å². The second kappa shape index (κ2) is 3.40. The van der Waals surface area contributed by atoms with E-state index >= 15 is 0 Å². The van der Waals surface area contributed by atoms with Gasteiger partial charge in [-0.2, -0.15) is 0 Å². The highest BCUT2D eigenvalue weighted by Crippen LogP contribution is 2.23. The van der Waals surface area contributed by atoms with Crippen LogP contribution in [0.2, 0.25) is 5.15 Å². The van der Waals surface area contributed by atoms with Crippen molar-refractivity contribution in [2.75, 3.05) is 6.26 Å². The molecule has 0 atom stereocenters. The van der Waals surface area contributed by atoms with Gasteiger partial charge in [0.05, 0.1) is 0 Å². The van der Waals surface area contributed by atoms with Gasteiger partial charge >= 0.3 is 0 Å². The predicted octanol–water partition coefficient (Wildman–Crippen LogP) is 2.12. The standard InChI is InChI=1S/C8H9ClN4S/c1-4-6(9)10-8(14-3)13-5(2)11-12-7(4)13/h1-3H3. The summed E-state index contributed by atoms with van der Waals surface area (Å²) in [6.45, 7) is 3.79. The highest BCUT2D eigenvalue weighted by molar-refractivity contribution is 7.98. The third kappa shape index (κ3) is 1.27. The van der Waals surface area contributed by atoms with E-state index in [0.29, 0.717) is 5.15 Å². The first kappa shape index (κ1) is 9.73. The van der Waals surface area contributed by atoms with Gasteiger partial charge in [0, 0.05) is 5.56 Å². The van der Waals surface area contributed by atoms with Crippen LogP contribution in [0.15, 0.2) is 5.16 Å². The zero-order valence-electron chi connectivity index (χ0n) is 8.08. The first-order valence-electron chi connectivity index (χ1n) is 4.07. The van der Waals surface area contributed by atoms with E-state index in [0.717, 1.165) is 22.2 Å². The van der Waals surface area contributed by atoms with Crippen molar-refractivity contribution in [3.63, 3.8) is 0 Å². The third-order valence-corrected chi connectivity index (χ3v) is 3.04. The fourth-order valence-electron chi connectivity index (χ4n) is 1.28. The highest BCUT2D eigenvalue weighted by atomic mass is 35.5. The molecule has 74 valence electrons. The molecule has 0 unspecified atom stereocenters. The molecule has 0 radical (unpaired) electrons. The maximum absolute atomic E-state index is 5.98. The number of fused-ring (bicyclic) bond motifs is 1. The third-order valence-electron chi connectivity index (χ3n) is 2.04. The number of rotatable bonds is 1. The summed E-state index contributed by atoms with van der Waals surface area (Å²) in [5.41, 5.74) is 1.65. The Hall–Kier alpha value is -0.810. The smallest absolute Gasteiger partial charge is 0.176 e. The average molecular weight is 229 g/mol. The quantitative estimate of drug-likeness (QED) is 0.426. The number of thioether (sulfide) groups is 1. The molecule has 2 heterocycles. The summed E-state index contributed by atoms with van der Waals surface area (Å²) in [5.74, 6) is 0.830. The monoisotopic (exact) mass is 228 g/mol. The van der Waals surface area contributed by atoms with Gasteiger partial charge in [-0.1, -0.05) is 23.4 Å². The van der Waals surface area contributed by atoms with Crippen molar-refractivity contribution in [3.8, 4) is 0 Å². The van der Waals surface area contributed by atoms with Gasteiger partial charge in [-0.25, -0.2) is 4.98 Å². The molecule has 2 aromatic heterocycles. The van der Waals surface area contributed by atoms with Gasteiger partial charge in [0.2, 0.25) is 0 Å². The number of nitrogens with zero attached hydrogens (tertiary/aromatic N) is 4. The zero-order chi connectivity index (χ0) is 10.3. The zero-order valence-corrected chi connectivity index (χ0v) is 9.65. The summed E-state index contributed by atoms with van der Waals surface area (Å²) in [6, 6.07) is 0. The summed E-state index contributed by atoms with van der Waals surface area (Å²) >= 11 is 7.50. The van der Waals surface area contributed by atoms with Gasteiger partial charge < -0.3 is 0 Å². The Morgan fingerprint density at radius 2 is 2.00 bits per heavy atom. The molecule has 4 nitrogen and oxygen atoms in total. The number of hydrogen-bond donors (Lipinski definition) is 0. The molecular formula is C8H9ClN4S. The molecule has 0 spiro atoms. The molecule has 0 fully saturated rings. The van der Waals surface area contributed by atoms with Gasteiger partial charge in [-0.3, -0.25) is 4.40 Å². The lowest BCUT2D eigenvalue weighted by Crippen LogP contribution is -1.99. The van der Waals surface area contributed by atoms with Crippen molar-refractivity contribution in [1.82, 2.24) is 19.6 Å². The molecule has 0 bridgehead atoms. The molecule has 0 aliphatic heterocycles. The van der Waals surface area contributed by atoms with Gasteiger partial charge in [0.25, 0.3) is 0 Å². The van der Waals surface area contributed by atoms with Crippen LogP contribution in [-0.4, -0.2) is 25.8 Å². The maximum atomic E-state index is 5.98. The highest BCUT2D eigenvalue weighted by Gasteiger charge is 2.12. The molecule has 2 aromatic rings. The molecule has 0 N–H and O–H groups in total. The molecule has 6 heteroatoms. The fraction of sp³-hybridized carbons (Fsp3) is 0.375. The second-order valence-corrected chi connectivity index (χ2v) is 4.05. The van der Waals surface area contributed by atoms with Crippen LogP contribution >= 0.6 is 23.4 Å². The molecule has 0 aliphatic rings. The van der Waals surface area contributed by atoms with Crippen LogP contribution in [0, 0.1) is 13.8 Å². The van der Waals surface area contributed by atoms with Crippen molar-refractivity contribution in [2.45, 2.75) is 19.0 Å². The Morgan fingerprint density at radius 3 is 2.64 bits per heavy atom. The molecular weight excluding hydrogens is 220 g/mol. The van der Waals surface area contributed by atoms with Crippen LogP contribution in [0.25, 0.3) is 5.65 Å². The first-order chi connectivity index (χ1) is 6.65. The maximum Gasteiger partial charge on any atom is 0.176 e. The molecule has 14 heavy (non-hydrogen) atoms. The minimum absolute atomic E-state index is 0.495. The molecule has 0 saturated heterocycles. The number of aryl methyl sites for hydroxylation is 2. The molecule has 0 amide bonds. The van der Waals surface area contributed by atoms with E-state index < -0.39 is 0 Å². The Morgan fingerprint density at radius 1 is 1.29 bits per heavy atom. The number of halogens is 1. The van der Waals surface area contributed by atoms with Crippen LogP contribution in [-0.2, 0) is 0 Å². The average Bonchev–Trinajstić information content (AvgIpc) is 2.55. The van der Waals surface area contributed by atoms with Crippen LogP contribution in [0.5, 0.6) is 0 Å². The van der Waals surface area contributed by atoms with Crippen LogP contribution in [0.4, 0.5) is 0 Å². The van der Waals surface area contributed by atoms with Crippen LogP contribution in [0.3, 0.4) is 0 Å².